The molecule has 1 heterocycles. The van der Waals surface area contributed by atoms with Gasteiger partial charge in [0.1, 0.15) is 6.61 Å². The number of nitrogens with one attached hydrogen (secondary N) is 2. The van der Waals surface area contributed by atoms with E-state index in [2.05, 4.69) is 29.5 Å². The van der Waals surface area contributed by atoms with Crippen LogP contribution in [-0.4, -0.2) is 57.6 Å². The summed E-state index contributed by atoms with van der Waals surface area (Å²) in [5, 5.41) is 6.93. The number of aromatic nitrogens is 1. The molecule has 0 radical (unpaired) electrons. The van der Waals surface area contributed by atoms with Crippen molar-refractivity contribution in [3.63, 3.8) is 0 Å². The van der Waals surface area contributed by atoms with Crippen LogP contribution in [0.2, 0.25) is 0 Å². The Kier molecular flexibility index (Phi) is 14.0. The Balaban J connectivity index is 0.00000450. The summed E-state index contributed by atoms with van der Waals surface area (Å²) >= 11 is 0. The number of nitrogens with zero attached hydrogens (tertiary/aromatic N) is 2. The normalized spacial score (nSPS) is 15.5. The number of pyridine rings is 1. The molecular weight excluding hydrogens is 495 g/mol. The zero-order valence-electron chi connectivity index (χ0n) is 18.7. The second-order valence-electron chi connectivity index (χ2n) is 7.55. The third-order valence-corrected chi connectivity index (χ3v) is 5.37. The van der Waals surface area contributed by atoms with Gasteiger partial charge in [0.05, 0.1) is 13.2 Å². The Bertz CT molecular complexity index is 593. The maximum Gasteiger partial charge on any atom is 0.213 e. The molecule has 0 bridgehead atoms. The number of rotatable bonds is 13. The molecule has 1 saturated carbocycles. The first-order valence-electron chi connectivity index (χ1n) is 10.9. The van der Waals surface area contributed by atoms with Crippen LogP contribution in [0.25, 0.3) is 0 Å². The SMILES string of the molecule is CCNC(=NCc1ccc(OCCOC)nc1)NCC1(CCOCC)CCCC1.I. The summed E-state index contributed by atoms with van der Waals surface area (Å²) in [5.74, 6) is 1.47. The van der Waals surface area contributed by atoms with Gasteiger partial charge >= 0.3 is 0 Å². The van der Waals surface area contributed by atoms with Gasteiger partial charge in [-0.15, -0.1) is 24.0 Å². The highest BCUT2D eigenvalue weighted by atomic mass is 127. The molecule has 1 aliphatic rings. The maximum atomic E-state index is 5.62. The van der Waals surface area contributed by atoms with E-state index in [1.165, 1.54) is 25.7 Å². The van der Waals surface area contributed by atoms with E-state index >= 15 is 0 Å². The van der Waals surface area contributed by atoms with Crippen LogP contribution in [0, 0.1) is 5.41 Å². The number of methoxy groups -OCH3 is 1. The quantitative estimate of drug-likeness (QED) is 0.174. The van der Waals surface area contributed by atoms with E-state index in [0.717, 1.165) is 44.2 Å². The molecule has 30 heavy (non-hydrogen) atoms. The molecule has 1 aromatic heterocycles. The van der Waals surface area contributed by atoms with Gasteiger partial charge in [-0.3, -0.25) is 0 Å². The van der Waals surface area contributed by atoms with Gasteiger partial charge in [-0.25, -0.2) is 9.98 Å². The highest BCUT2D eigenvalue weighted by Crippen LogP contribution is 2.40. The van der Waals surface area contributed by atoms with Gasteiger partial charge in [-0.05, 0) is 44.1 Å². The first-order valence-corrected chi connectivity index (χ1v) is 10.9. The van der Waals surface area contributed by atoms with Crippen molar-refractivity contribution in [1.82, 2.24) is 15.6 Å². The van der Waals surface area contributed by atoms with E-state index in [9.17, 15) is 0 Å². The molecule has 0 spiro atoms. The van der Waals surface area contributed by atoms with Crippen LogP contribution in [-0.2, 0) is 16.0 Å². The largest absolute Gasteiger partial charge is 0.475 e. The standard InChI is InChI=1S/C22H38N4O3.HI/c1-4-23-21(26-18-22(10-6-7-11-22)12-13-28-5-2)25-17-19-8-9-20(24-16-19)29-15-14-27-3;/h8-9,16H,4-7,10-15,17-18H2,1-3H3,(H2,23,25,26);1H. The molecule has 7 nitrogen and oxygen atoms in total. The molecule has 0 saturated heterocycles. The van der Waals surface area contributed by atoms with Gasteiger partial charge < -0.3 is 24.8 Å². The molecule has 1 aliphatic carbocycles. The Hall–Kier alpha value is -1.13. The Morgan fingerprint density at radius 3 is 2.57 bits per heavy atom. The minimum Gasteiger partial charge on any atom is -0.475 e. The fraction of sp³-hybridized carbons (Fsp3) is 0.727. The van der Waals surface area contributed by atoms with E-state index in [-0.39, 0.29) is 24.0 Å². The van der Waals surface area contributed by atoms with Crippen LogP contribution in [0.15, 0.2) is 23.3 Å². The number of halogens is 1. The van der Waals surface area contributed by atoms with E-state index in [1.807, 2.05) is 18.3 Å². The van der Waals surface area contributed by atoms with Crippen molar-refractivity contribution in [2.75, 3.05) is 46.6 Å². The van der Waals surface area contributed by atoms with Crippen LogP contribution >= 0.6 is 24.0 Å². The lowest BCUT2D eigenvalue weighted by atomic mass is 9.83. The van der Waals surface area contributed by atoms with Crippen molar-refractivity contribution in [2.24, 2.45) is 10.4 Å². The average Bonchev–Trinajstić information content (AvgIpc) is 3.20. The van der Waals surface area contributed by atoms with Crippen LogP contribution in [0.1, 0.15) is 51.5 Å². The van der Waals surface area contributed by atoms with Gasteiger partial charge in [0.2, 0.25) is 5.88 Å². The van der Waals surface area contributed by atoms with Crippen molar-refractivity contribution < 1.29 is 14.2 Å². The number of guanidine groups is 1. The molecule has 2 rings (SSSR count). The van der Waals surface area contributed by atoms with Crippen molar-refractivity contribution in [2.45, 2.75) is 52.5 Å². The number of hydrogen-bond acceptors (Lipinski definition) is 5. The van der Waals surface area contributed by atoms with Crippen LogP contribution in [0.4, 0.5) is 0 Å². The minimum absolute atomic E-state index is 0. The lowest BCUT2D eigenvalue weighted by Gasteiger charge is -2.30. The van der Waals surface area contributed by atoms with Gasteiger partial charge in [-0.1, -0.05) is 18.9 Å². The lowest BCUT2D eigenvalue weighted by molar-refractivity contribution is 0.105. The summed E-state index contributed by atoms with van der Waals surface area (Å²) in [6.07, 6.45) is 8.08. The zero-order valence-corrected chi connectivity index (χ0v) is 21.1. The zero-order chi connectivity index (χ0) is 20.8. The second-order valence-corrected chi connectivity index (χ2v) is 7.55. The van der Waals surface area contributed by atoms with Crippen molar-refractivity contribution in [1.29, 1.82) is 0 Å². The summed E-state index contributed by atoms with van der Waals surface area (Å²) in [4.78, 5) is 9.07. The summed E-state index contributed by atoms with van der Waals surface area (Å²) in [6.45, 7) is 9.19. The second kappa shape index (κ2) is 15.6. The molecule has 172 valence electrons. The molecule has 0 atom stereocenters. The number of hydrogen-bond donors (Lipinski definition) is 2. The molecule has 0 amide bonds. The van der Waals surface area contributed by atoms with E-state index in [0.29, 0.717) is 31.1 Å². The summed E-state index contributed by atoms with van der Waals surface area (Å²) < 4.78 is 16.1. The average molecular weight is 534 g/mol. The monoisotopic (exact) mass is 534 g/mol. The fourth-order valence-electron chi connectivity index (χ4n) is 3.68. The van der Waals surface area contributed by atoms with Crippen LogP contribution < -0.4 is 15.4 Å². The van der Waals surface area contributed by atoms with Crippen LogP contribution in [0.3, 0.4) is 0 Å². The fourth-order valence-corrected chi connectivity index (χ4v) is 3.68. The Morgan fingerprint density at radius 2 is 1.93 bits per heavy atom. The molecular formula is C22H39IN4O3. The molecule has 2 N–H and O–H groups in total. The van der Waals surface area contributed by atoms with Crippen molar-refractivity contribution >= 4 is 29.9 Å². The highest BCUT2D eigenvalue weighted by molar-refractivity contribution is 14.0. The molecule has 0 unspecified atom stereocenters. The first kappa shape index (κ1) is 26.9. The Morgan fingerprint density at radius 1 is 1.13 bits per heavy atom. The van der Waals surface area contributed by atoms with Gasteiger partial charge in [0.25, 0.3) is 0 Å². The minimum atomic E-state index is 0. The topological polar surface area (TPSA) is 77.0 Å². The number of aliphatic imine (C=N–C) groups is 1. The molecule has 0 aromatic carbocycles. The molecule has 8 heteroatoms. The van der Waals surface area contributed by atoms with Crippen molar-refractivity contribution in [3.8, 4) is 5.88 Å². The van der Waals surface area contributed by atoms with E-state index < -0.39 is 0 Å². The summed E-state index contributed by atoms with van der Waals surface area (Å²) in [6, 6.07) is 3.88. The number of ether oxygens (including phenoxy) is 3. The van der Waals surface area contributed by atoms with Gasteiger partial charge in [-0.2, -0.15) is 0 Å². The molecule has 0 aliphatic heterocycles. The first-order chi connectivity index (χ1) is 14.2. The third-order valence-electron chi connectivity index (χ3n) is 5.37. The predicted molar refractivity (Wildman–Crippen MR) is 132 cm³/mol. The predicted octanol–water partition coefficient (Wildman–Crippen LogP) is 3.77. The molecule has 1 fully saturated rings. The highest BCUT2D eigenvalue weighted by Gasteiger charge is 2.33. The summed E-state index contributed by atoms with van der Waals surface area (Å²) in [7, 11) is 1.65. The van der Waals surface area contributed by atoms with Crippen molar-refractivity contribution in [3.05, 3.63) is 23.9 Å². The molecule has 1 aromatic rings. The van der Waals surface area contributed by atoms with E-state index in [4.69, 9.17) is 19.2 Å². The van der Waals surface area contributed by atoms with Gasteiger partial charge in [0.15, 0.2) is 5.96 Å². The Labute approximate surface area is 198 Å². The summed E-state index contributed by atoms with van der Waals surface area (Å²) in [5.41, 5.74) is 1.38. The lowest BCUT2D eigenvalue weighted by Crippen LogP contribution is -2.43. The van der Waals surface area contributed by atoms with Crippen LogP contribution in [0.5, 0.6) is 5.88 Å². The third kappa shape index (κ3) is 9.78. The van der Waals surface area contributed by atoms with E-state index in [1.54, 1.807) is 7.11 Å². The maximum absolute atomic E-state index is 5.62. The van der Waals surface area contributed by atoms with Gasteiger partial charge in [0, 0.05) is 45.7 Å². The smallest absolute Gasteiger partial charge is 0.213 e.